The van der Waals surface area contributed by atoms with E-state index in [0.29, 0.717) is 12.8 Å². The van der Waals surface area contributed by atoms with E-state index in [1.54, 1.807) is 6.08 Å². The van der Waals surface area contributed by atoms with Crippen molar-refractivity contribution < 1.29 is 19.8 Å². The lowest BCUT2D eigenvalue weighted by atomic mass is 9.84. The number of aliphatic hydroxyl groups excluding tert-OH is 1. The summed E-state index contributed by atoms with van der Waals surface area (Å²) in [6, 6.07) is 0. The maximum Gasteiger partial charge on any atom is 0.303 e. The molecule has 0 bridgehead atoms. The summed E-state index contributed by atoms with van der Waals surface area (Å²) in [5.41, 5.74) is 0. The number of carbonyl (C=O) groups excluding carboxylic acids is 1. The van der Waals surface area contributed by atoms with Crippen molar-refractivity contribution >= 4 is 11.8 Å². The fourth-order valence-corrected chi connectivity index (χ4v) is 4.09. The zero-order valence-electron chi connectivity index (χ0n) is 15.1. The van der Waals surface area contributed by atoms with Gasteiger partial charge in [0.15, 0.2) is 5.78 Å². The zero-order valence-corrected chi connectivity index (χ0v) is 15.1. The van der Waals surface area contributed by atoms with E-state index in [1.807, 2.05) is 6.08 Å². The number of carboxylic acid groups (broad SMARTS) is 1. The Bertz CT molecular complexity index is 488. The molecule has 0 aromatic carbocycles. The number of aliphatic hydroxyl groups is 1. The van der Waals surface area contributed by atoms with Crippen molar-refractivity contribution in [1.82, 2.24) is 0 Å². The Hall–Kier alpha value is -1.42. The van der Waals surface area contributed by atoms with Gasteiger partial charge in [0, 0.05) is 12.3 Å². The van der Waals surface area contributed by atoms with Gasteiger partial charge in [-0.1, -0.05) is 63.2 Å². The lowest BCUT2D eigenvalue weighted by Crippen LogP contribution is -2.29. The van der Waals surface area contributed by atoms with Crippen molar-refractivity contribution in [1.29, 1.82) is 0 Å². The van der Waals surface area contributed by atoms with E-state index in [-0.39, 0.29) is 24.0 Å². The predicted octanol–water partition coefficient (Wildman–Crippen LogP) is 4.28. The van der Waals surface area contributed by atoms with E-state index in [1.165, 1.54) is 32.1 Å². The number of carbonyl (C=O) groups is 2. The van der Waals surface area contributed by atoms with Crippen LogP contribution in [-0.4, -0.2) is 28.1 Å². The topological polar surface area (TPSA) is 74.6 Å². The van der Waals surface area contributed by atoms with Crippen molar-refractivity contribution in [2.24, 2.45) is 17.8 Å². The van der Waals surface area contributed by atoms with Gasteiger partial charge in [0.25, 0.3) is 0 Å². The summed E-state index contributed by atoms with van der Waals surface area (Å²) in [7, 11) is 0. The monoisotopic (exact) mass is 348 g/mol. The molecular formula is C21H32O4. The first-order valence-electron chi connectivity index (χ1n) is 9.86. The molecule has 4 heteroatoms. The van der Waals surface area contributed by atoms with Crippen LogP contribution < -0.4 is 0 Å². The van der Waals surface area contributed by atoms with Crippen LogP contribution in [0.25, 0.3) is 0 Å². The van der Waals surface area contributed by atoms with E-state index in [0.717, 1.165) is 25.2 Å². The van der Waals surface area contributed by atoms with Gasteiger partial charge in [0.1, 0.15) is 0 Å². The van der Waals surface area contributed by atoms with Crippen LogP contribution >= 0.6 is 0 Å². The molecule has 0 heterocycles. The van der Waals surface area contributed by atoms with E-state index < -0.39 is 12.1 Å². The highest BCUT2D eigenvalue weighted by Crippen LogP contribution is 2.31. The summed E-state index contributed by atoms with van der Waals surface area (Å²) in [5.74, 6) is -0.333. The second-order valence-electron chi connectivity index (χ2n) is 7.59. The molecule has 3 atom stereocenters. The van der Waals surface area contributed by atoms with Crippen LogP contribution in [-0.2, 0) is 9.59 Å². The van der Waals surface area contributed by atoms with Gasteiger partial charge in [-0.25, -0.2) is 0 Å². The molecule has 2 aliphatic carbocycles. The smallest absolute Gasteiger partial charge is 0.303 e. The van der Waals surface area contributed by atoms with Crippen LogP contribution in [0.1, 0.15) is 70.6 Å². The highest BCUT2D eigenvalue weighted by Gasteiger charge is 2.34. The third-order valence-corrected chi connectivity index (χ3v) is 5.58. The number of aliphatic carboxylic acids is 1. The number of hydrogen-bond donors (Lipinski definition) is 2. The SMILES string of the molecule is O=C(O)CCCCCC(O)C1C(=O)C=CC1/C=C/CC1CCCCC1. The van der Waals surface area contributed by atoms with Crippen LogP contribution in [0.15, 0.2) is 24.3 Å². The summed E-state index contributed by atoms with van der Waals surface area (Å²) in [6.07, 6.45) is 17.8. The van der Waals surface area contributed by atoms with Gasteiger partial charge < -0.3 is 10.2 Å². The van der Waals surface area contributed by atoms with Crippen LogP contribution in [0, 0.1) is 17.8 Å². The molecule has 0 aliphatic heterocycles. The molecule has 4 nitrogen and oxygen atoms in total. The van der Waals surface area contributed by atoms with Crippen molar-refractivity contribution in [3.8, 4) is 0 Å². The highest BCUT2D eigenvalue weighted by atomic mass is 16.4. The Morgan fingerprint density at radius 1 is 1.20 bits per heavy atom. The third kappa shape index (κ3) is 6.77. The van der Waals surface area contributed by atoms with Crippen LogP contribution in [0.5, 0.6) is 0 Å². The molecule has 2 rings (SSSR count). The molecule has 3 unspecified atom stereocenters. The van der Waals surface area contributed by atoms with Gasteiger partial charge in [0.2, 0.25) is 0 Å². The minimum Gasteiger partial charge on any atom is -0.481 e. The fraction of sp³-hybridized carbons (Fsp3) is 0.714. The van der Waals surface area contributed by atoms with Gasteiger partial charge >= 0.3 is 5.97 Å². The average molecular weight is 348 g/mol. The second-order valence-corrected chi connectivity index (χ2v) is 7.59. The van der Waals surface area contributed by atoms with Crippen molar-refractivity contribution in [3.05, 3.63) is 24.3 Å². The Kier molecular flexibility index (Phi) is 8.39. The molecule has 0 saturated heterocycles. The molecule has 0 radical (unpaired) electrons. The normalized spacial score (nSPS) is 25.7. The van der Waals surface area contributed by atoms with Gasteiger partial charge in [-0.2, -0.15) is 0 Å². The molecule has 1 fully saturated rings. The van der Waals surface area contributed by atoms with Crippen LogP contribution in [0.2, 0.25) is 0 Å². The number of hydrogen-bond acceptors (Lipinski definition) is 3. The van der Waals surface area contributed by atoms with E-state index >= 15 is 0 Å². The van der Waals surface area contributed by atoms with E-state index in [4.69, 9.17) is 5.11 Å². The third-order valence-electron chi connectivity index (χ3n) is 5.58. The van der Waals surface area contributed by atoms with Gasteiger partial charge in [-0.05, 0) is 31.3 Å². The average Bonchev–Trinajstić information content (AvgIpc) is 2.96. The van der Waals surface area contributed by atoms with Crippen molar-refractivity contribution in [2.75, 3.05) is 0 Å². The molecule has 0 aromatic rings. The summed E-state index contributed by atoms with van der Waals surface area (Å²) >= 11 is 0. The molecular weight excluding hydrogens is 316 g/mol. The Morgan fingerprint density at radius 3 is 2.68 bits per heavy atom. The zero-order chi connectivity index (χ0) is 18.1. The molecule has 2 N–H and O–H groups in total. The minimum absolute atomic E-state index is 0.00473. The summed E-state index contributed by atoms with van der Waals surface area (Å²) in [5, 5.41) is 19.1. The molecule has 25 heavy (non-hydrogen) atoms. The number of allylic oxidation sites excluding steroid dienone is 4. The summed E-state index contributed by atoms with van der Waals surface area (Å²) in [6.45, 7) is 0. The lowest BCUT2D eigenvalue weighted by molar-refractivity contribution is -0.137. The largest absolute Gasteiger partial charge is 0.481 e. The van der Waals surface area contributed by atoms with Gasteiger partial charge in [0.05, 0.1) is 12.0 Å². The summed E-state index contributed by atoms with van der Waals surface area (Å²) in [4.78, 5) is 22.6. The van der Waals surface area contributed by atoms with Crippen LogP contribution in [0.4, 0.5) is 0 Å². The molecule has 1 saturated carbocycles. The molecule has 140 valence electrons. The Morgan fingerprint density at radius 2 is 1.96 bits per heavy atom. The van der Waals surface area contributed by atoms with Crippen molar-refractivity contribution in [2.45, 2.75) is 76.7 Å². The quantitative estimate of drug-likeness (QED) is 0.456. The van der Waals surface area contributed by atoms with Gasteiger partial charge in [-0.3, -0.25) is 9.59 Å². The number of unbranched alkanes of at least 4 members (excludes halogenated alkanes) is 2. The lowest BCUT2D eigenvalue weighted by Gasteiger charge is -2.22. The van der Waals surface area contributed by atoms with E-state index in [2.05, 4.69) is 12.2 Å². The summed E-state index contributed by atoms with van der Waals surface area (Å²) < 4.78 is 0. The first kappa shape index (κ1) is 19.9. The number of ketones is 1. The van der Waals surface area contributed by atoms with E-state index in [9.17, 15) is 14.7 Å². The fourth-order valence-electron chi connectivity index (χ4n) is 4.09. The number of carboxylic acids is 1. The first-order valence-corrected chi connectivity index (χ1v) is 9.86. The maximum atomic E-state index is 12.1. The minimum atomic E-state index is -0.779. The van der Waals surface area contributed by atoms with Crippen LogP contribution in [0.3, 0.4) is 0 Å². The Labute approximate surface area is 151 Å². The molecule has 0 aromatic heterocycles. The number of rotatable bonds is 10. The Balaban J connectivity index is 1.74. The first-order chi connectivity index (χ1) is 12.1. The molecule has 0 spiro atoms. The second kappa shape index (κ2) is 10.5. The standard InChI is InChI=1S/C21H32O4/c22-18(12-5-2-6-13-20(24)25)21-17(14-15-19(21)23)11-7-10-16-8-3-1-4-9-16/h7,11,14-18,21-22H,1-6,8-10,12-13H2,(H,24,25)/b11-7+. The van der Waals surface area contributed by atoms with Crippen molar-refractivity contribution in [3.63, 3.8) is 0 Å². The maximum absolute atomic E-state index is 12.1. The highest BCUT2D eigenvalue weighted by molar-refractivity contribution is 5.95. The molecule has 2 aliphatic rings. The van der Waals surface area contributed by atoms with Gasteiger partial charge in [-0.15, -0.1) is 0 Å². The predicted molar refractivity (Wildman–Crippen MR) is 98.2 cm³/mol. The molecule has 0 amide bonds.